The summed E-state index contributed by atoms with van der Waals surface area (Å²) in [4.78, 5) is 11.1. The standard InChI is InChI=1S/C17H24O2/c1-10(2)14-7-11(3)12(4)15(8-14)16(9-17(18)19)13-5-6-13/h7-8,10,13,16H,5-6,9H2,1-4H3,(H,18,19). The molecule has 2 nitrogen and oxygen atoms in total. The summed E-state index contributed by atoms with van der Waals surface area (Å²) >= 11 is 0. The number of carbonyl (C=O) groups is 1. The molecule has 1 aliphatic carbocycles. The monoisotopic (exact) mass is 260 g/mol. The van der Waals surface area contributed by atoms with Crippen LogP contribution in [-0.2, 0) is 4.79 Å². The van der Waals surface area contributed by atoms with E-state index in [1.165, 1.54) is 35.1 Å². The number of hydrogen-bond acceptors (Lipinski definition) is 1. The summed E-state index contributed by atoms with van der Waals surface area (Å²) in [6.45, 7) is 8.65. The topological polar surface area (TPSA) is 37.3 Å². The van der Waals surface area contributed by atoms with Crippen molar-refractivity contribution in [1.29, 1.82) is 0 Å². The lowest BCUT2D eigenvalue weighted by Crippen LogP contribution is -2.11. The highest BCUT2D eigenvalue weighted by Crippen LogP contribution is 2.46. The first kappa shape index (κ1) is 14.1. The Hall–Kier alpha value is -1.31. The zero-order chi connectivity index (χ0) is 14.2. The van der Waals surface area contributed by atoms with Crippen molar-refractivity contribution in [3.8, 4) is 0 Å². The van der Waals surface area contributed by atoms with Crippen molar-refractivity contribution >= 4 is 5.97 Å². The number of rotatable bonds is 5. The molecular formula is C17H24O2. The first-order valence-corrected chi connectivity index (χ1v) is 7.23. The molecule has 2 heteroatoms. The number of carboxylic acids is 1. The van der Waals surface area contributed by atoms with E-state index in [1.54, 1.807) is 0 Å². The molecule has 1 aromatic carbocycles. The normalized spacial score (nSPS) is 16.7. The zero-order valence-electron chi connectivity index (χ0n) is 12.4. The maximum Gasteiger partial charge on any atom is 0.303 e. The van der Waals surface area contributed by atoms with Gasteiger partial charge >= 0.3 is 5.97 Å². The first-order valence-electron chi connectivity index (χ1n) is 7.23. The second-order valence-electron chi connectivity index (χ2n) is 6.25. The molecule has 1 N–H and O–H groups in total. The number of aliphatic carboxylic acids is 1. The van der Waals surface area contributed by atoms with Gasteiger partial charge in [0.25, 0.3) is 0 Å². The number of aryl methyl sites for hydroxylation is 1. The molecule has 0 spiro atoms. The quantitative estimate of drug-likeness (QED) is 0.852. The van der Waals surface area contributed by atoms with E-state index in [-0.39, 0.29) is 12.3 Å². The molecule has 0 aromatic heterocycles. The molecule has 0 radical (unpaired) electrons. The van der Waals surface area contributed by atoms with Gasteiger partial charge in [-0.3, -0.25) is 4.79 Å². The Bertz CT molecular complexity index is 484. The predicted molar refractivity (Wildman–Crippen MR) is 77.7 cm³/mol. The third-order valence-electron chi connectivity index (χ3n) is 4.38. The van der Waals surface area contributed by atoms with Crippen molar-refractivity contribution in [3.63, 3.8) is 0 Å². The van der Waals surface area contributed by atoms with Gasteiger partial charge in [-0.25, -0.2) is 0 Å². The lowest BCUT2D eigenvalue weighted by Gasteiger charge is -2.21. The van der Waals surface area contributed by atoms with Crippen molar-refractivity contribution in [1.82, 2.24) is 0 Å². The molecule has 0 amide bonds. The van der Waals surface area contributed by atoms with Crippen molar-refractivity contribution in [2.45, 2.75) is 58.8 Å². The molecule has 0 saturated heterocycles. The smallest absolute Gasteiger partial charge is 0.303 e. The highest BCUT2D eigenvalue weighted by molar-refractivity contribution is 5.68. The van der Waals surface area contributed by atoms with Crippen molar-refractivity contribution < 1.29 is 9.90 Å². The van der Waals surface area contributed by atoms with E-state index in [0.717, 1.165) is 0 Å². The third kappa shape index (κ3) is 3.17. The largest absolute Gasteiger partial charge is 0.481 e. The predicted octanol–water partition coefficient (Wildman–Crippen LogP) is 4.40. The molecular weight excluding hydrogens is 236 g/mol. The maximum atomic E-state index is 11.1. The van der Waals surface area contributed by atoms with E-state index in [2.05, 4.69) is 39.8 Å². The van der Waals surface area contributed by atoms with E-state index in [1.807, 2.05) is 0 Å². The first-order chi connectivity index (χ1) is 8.90. The van der Waals surface area contributed by atoms with Gasteiger partial charge in [-0.1, -0.05) is 26.0 Å². The Kier molecular flexibility index (Phi) is 3.98. The second-order valence-corrected chi connectivity index (χ2v) is 6.25. The fourth-order valence-corrected chi connectivity index (χ4v) is 2.85. The lowest BCUT2D eigenvalue weighted by molar-refractivity contribution is -0.137. The van der Waals surface area contributed by atoms with Gasteiger partial charge < -0.3 is 5.11 Å². The third-order valence-corrected chi connectivity index (χ3v) is 4.38. The van der Waals surface area contributed by atoms with E-state index >= 15 is 0 Å². The Labute approximate surface area is 115 Å². The fraction of sp³-hybridized carbons (Fsp3) is 0.588. The van der Waals surface area contributed by atoms with Gasteiger partial charge in [-0.2, -0.15) is 0 Å². The minimum atomic E-state index is -0.677. The molecule has 104 valence electrons. The summed E-state index contributed by atoms with van der Waals surface area (Å²) < 4.78 is 0. The summed E-state index contributed by atoms with van der Waals surface area (Å²) in [5.74, 6) is 0.596. The minimum absolute atomic E-state index is 0.204. The summed E-state index contributed by atoms with van der Waals surface area (Å²) in [5.41, 5.74) is 5.17. The highest BCUT2D eigenvalue weighted by atomic mass is 16.4. The second kappa shape index (κ2) is 5.36. The van der Waals surface area contributed by atoms with Crippen LogP contribution in [0.15, 0.2) is 12.1 Å². The molecule has 0 heterocycles. The molecule has 19 heavy (non-hydrogen) atoms. The molecule has 1 atom stereocenters. The lowest BCUT2D eigenvalue weighted by atomic mass is 9.83. The van der Waals surface area contributed by atoms with Gasteiger partial charge in [0, 0.05) is 0 Å². The Morgan fingerprint density at radius 2 is 1.95 bits per heavy atom. The molecule has 1 aliphatic rings. The van der Waals surface area contributed by atoms with Crippen LogP contribution in [0.2, 0.25) is 0 Å². The zero-order valence-corrected chi connectivity index (χ0v) is 12.4. The van der Waals surface area contributed by atoms with Gasteiger partial charge in [-0.15, -0.1) is 0 Å². The summed E-state index contributed by atoms with van der Waals surface area (Å²) in [6, 6.07) is 4.49. The average Bonchev–Trinajstić information content (AvgIpc) is 3.13. The molecule has 1 unspecified atom stereocenters. The van der Waals surface area contributed by atoms with Crippen LogP contribution >= 0.6 is 0 Å². The van der Waals surface area contributed by atoms with E-state index < -0.39 is 5.97 Å². The van der Waals surface area contributed by atoms with Gasteiger partial charge in [0.1, 0.15) is 0 Å². The number of benzene rings is 1. The molecule has 1 saturated carbocycles. The van der Waals surface area contributed by atoms with Crippen LogP contribution in [0.5, 0.6) is 0 Å². The van der Waals surface area contributed by atoms with Crippen molar-refractivity contribution in [3.05, 3.63) is 34.4 Å². The molecule has 2 rings (SSSR count). The van der Waals surface area contributed by atoms with Gasteiger partial charge in [0.15, 0.2) is 0 Å². The van der Waals surface area contributed by atoms with Crippen LogP contribution in [0.4, 0.5) is 0 Å². The fourth-order valence-electron chi connectivity index (χ4n) is 2.85. The van der Waals surface area contributed by atoms with E-state index in [4.69, 9.17) is 5.11 Å². The number of carboxylic acid groups (broad SMARTS) is 1. The Morgan fingerprint density at radius 3 is 2.42 bits per heavy atom. The van der Waals surface area contributed by atoms with Gasteiger partial charge in [-0.05, 0) is 66.7 Å². The van der Waals surface area contributed by atoms with Crippen molar-refractivity contribution in [2.75, 3.05) is 0 Å². The summed E-state index contributed by atoms with van der Waals surface area (Å²) in [5, 5.41) is 9.16. The van der Waals surface area contributed by atoms with Crippen LogP contribution < -0.4 is 0 Å². The summed E-state index contributed by atoms with van der Waals surface area (Å²) in [7, 11) is 0. The Balaban J connectivity index is 2.42. The van der Waals surface area contributed by atoms with E-state index in [9.17, 15) is 4.79 Å². The SMILES string of the molecule is Cc1cc(C(C)C)cc(C(CC(=O)O)C2CC2)c1C. The minimum Gasteiger partial charge on any atom is -0.481 e. The van der Waals surface area contributed by atoms with Crippen LogP contribution in [-0.4, -0.2) is 11.1 Å². The molecule has 1 aromatic rings. The maximum absolute atomic E-state index is 11.1. The van der Waals surface area contributed by atoms with Crippen LogP contribution in [0, 0.1) is 19.8 Å². The molecule has 0 bridgehead atoms. The van der Waals surface area contributed by atoms with Gasteiger partial charge in [0.2, 0.25) is 0 Å². The van der Waals surface area contributed by atoms with Crippen LogP contribution in [0.25, 0.3) is 0 Å². The van der Waals surface area contributed by atoms with E-state index in [0.29, 0.717) is 11.8 Å². The molecule has 1 fully saturated rings. The van der Waals surface area contributed by atoms with Crippen LogP contribution in [0.3, 0.4) is 0 Å². The van der Waals surface area contributed by atoms with Crippen molar-refractivity contribution in [2.24, 2.45) is 5.92 Å². The number of hydrogen-bond donors (Lipinski definition) is 1. The summed E-state index contributed by atoms with van der Waals surface area (Å²) in [6.07, 6.45) is 2.64. The average molecular weight is 260 g/mol. The molecule has 0 aliphatic heterocycles. The van der Waals surface area contributed by atoms with Gasteiger partial charge in [0.05, 0.1) is 6.42 Å². The Morgan fingerprint density at radius 1 is 1.32 bits per heavy atom. The van der Waals surface area contributed by atoms with Crippen LogP contribution in [0.1, 0.15) is 67.2 Å². The highest BCUT2D eigenvalue weighted by Gasteiger charge is 2.34.